The van der Waals surface area contributed by atoms with Crippen LogP contribution in [0.15, 0.2) is 64.5 Å². The van der Waals surface area contributed by atoms with Crippen LogP contribution in [-0.4, -0.2) is 59.4 Å². The summed E-state index contributed by atoms with van der Waals surface area (Å²) in [6.07, 6.45) is 1.07. The maximum Gasteiger partial charge on any atom is 0.272 e. The van der Waals surface area contributed by atoms with E-state index in [1.54, 1.807) is 18.2 Å². The van der Waals surface area contributed by atoms with Crippen molar-refractivity contribution in [2.45, 2.75) is 9.92 Å². The van der Waals surface area contributed by atoms with Gasteiger partial charge in [0.15, 0.2) is 5.03 Å². The molecule has 1 aromatic heterocycles. The van der Waals surface area contributed by atoms with E-state index < -0.39 is 45.8 Å². The summed E-state index contributed by atoms with van der Waals surface area (Å²) in [6, 6.07) is 12.4. The van der Waals surface area contributed by atoms with E-state index >= 15 is 0 Å². The molecule has 2 unspecified atom stereocenters. The third-order valence-electron chi connectivity index (χ3n) is 6.51. The average Bonchev–Trinajstić information content (AvgIpc) is 3.10. The number of aromatic nitrogens is 1. The largest absolute Gasteiger partial charge is 0.272 e. The number of rotatable bonds is 7. The van der Waals surface area contributed by atoms with Crippen LogP contribution >= 0.6 is 0 Å². The number of halogens is 1. The highest BCUT2D eigenvalue weighted by Gasteiger charge is 2.58. The first-order valence-electron chi connectivity index (χ1n) is 10.5. The molecule has 34 heavy (non-hydrogen) atoms. The first-order chi connectivity index (χ1) is 15.9. The smallest absolute Gasteiger partial charge is 0.221 e. The molecule has 2 fully saturated rings. The van der Waals surface area contributed by atoms with Crippen LogP contribution in [0.5, 0.6) is 0 Å². The minimum atomic E-state index is -4.58. The van der Waals surface area contributed by atoms with Gasteiger partial charge in [-0.1, -0.05) is 30.3 Å². The lowest BCUT2D eigenvalue weighted by molar-refractivity contribution is 0.408. The maximum absolute atomic E-state index is 14.5. The second-order valence-electron chi connectivity index (χ2n) is 8.68. The molecule has 182 valence electrons. The molecule has 0 spiro atoms. The Morgan fingerprint density at radius 1 is 0.912 bits per heavy atom. The predicted molar refractivity (Wildman–Crippen MR) is 123 cm³/mol. The number of nitrogens with zero attached hydrogens (tertiary/aromatic N) is 2. The molecule has 0 bridgehead atoms. The summed E-state index contributed by atoms with van der Waals surface area (Å²) in [5, 5.41) is -0.0651. The van der Waals surface area contributed by atoms with Gasteiger partial charge in [0.1, 0.15) is 10.7 Å². The van der Waals surface area contributed by atoms with Gasteiger partial charge in [0.2, 0.25) is 10.0 Å². The molecule has 9 nitrogen and oxygen atoms in total. The molecule has 1 aliphatic carbocycles. The topological polar surface area (TPSA) is 123 Å². The first-order valence-corrected chi connectivity index (χ1v) is 15.2. The van der Waals surface area contributed by atoms with E-state index in [0.29, 0.717) is 9.36 Å². The summed E-state index contributed by atoms with van der Waals surface area (Å²) in [7, 11) is -12.2. The summed E-state index contributed by atoms with van der Waals surface area (Å²) in [5.41, 5.74) is 0.129. The van der Waals surface area contributed by atoms with Gasteiger partial charge < -0.3 is 0 Å². The highest BCUT2D eigenvalue weighted by molar-refractivity contribution is 7.92. The van der Waals surface area contributed by atoms with Gasteiger partial charge in [-0.15, -0.1) is 0 Å². The molecule has 2 heterocycles. The van der Waals surface area contributed by atoms with Gasteiger partial charge in [-0.25, -0.2) is 38.3 Å². The molecule has 2 aliphatic rings. The van der Waals surface area contributed by atoms with Crippen LogP contribution in [0.3, 0.4) is 0 Å². The quantitative estimate of drug-likeness (QED) is 0.496. The number of sulfonamides is 2. The van der Waals surface area contributed by atoms with Gasteiger partial charge in [0, 0.05) is 25.0 Å². The van der Waals surface area contributed by atoms with E-state index in [0.717, 1.165) is 18.4 Å². The third-order valence-corrected chi connectivity index (χ3v) is 10.9. The molecule has 0 radical (unpaired) electrons. The van der Waals surface area contributed by atoms with E-state index in [1.807, 2.05) is 0 Å². The van der Waals surface area contributed by atoms with Crippen molar-refractivity contribution in [1.29, 1.82) is 0 Å². The van der Waals surface area contributed by atoms with Crippen molar-refractivity contribution in [2.75, 3.05) is 25.9 Å². The standard InChI is InChI=1S/C21H22FN3O6S3/c1-32(26,27)23-11-15-16-12-24(13-17(15)16)34(30,31)21-10-14-6-2-4-8-19(14)25(21)33(28,29)20-9-5-3-7-18(20)22/h2-10,15-17,23H,11-13H2,1H3. The summed E-state index contributed by atoms with van der Waals surface area (Å²) in [6.45, 7) is 0.554. The lowest BCUT2D eigenvalue weighted by Gasteiger charge is -2.21. The minimum Gasteiger partial charge on any atom is -0.221 e. The molecule has 5 rings (SSSR count). The second-order valence-corrected chi connectivity index (χ2v) is 14.1. The number of hydrogen-bond donors (Lipinski definition) is 1. The molecule has 13 heteroatoms. The van der Waals surface area contributed by atoms with Crippen molar-refractivity contribution in [2.24, 2.45) is 17.8 Å². The van der Waals surface area contributed by atoms with Crippen molar-refractivity contribution in [3.63, 3.8) is 0 Å². The summed E-state index contributed by atoms with van der Waals surface area (Å²) in [5.74, 6) is -0.962. The van der Waals surface area contributed by atoms with Crippen molar-refractivity contribution in [1.82, 2.24) is 13.0 Å². The highest BCUT2D eigenvalue weighted by atomic mass is 32.2. The number of benzene rings is 2. The number of nitrogens with one attached hydrogen (secondary N) is 1. The van der Waals surface area contributed by atoms with Crippen LogP contribution in [0.4, 0.5) is 4.39 Å². The van der Waals surface area contributed by atoms with Crippen LogP contribution in [0, 0.1) is 23.6 Å². The van der Waals surface area contributed by atoms with Crippen molar-refractivity contribution >= 4 is 41.0 Å². The number of para-hydroxylation sites is 1. The Morgan fingerprint density at radius 2 is 1.53 bits per heavy atom. The van der Waals surface area contributed by atoms with Gasteiger partial charge in [0.25, 0.3) is 20.0 Å². The molecule has 1 aliphatic heterocycles. The molecule has 1 N–H and O–H groups in total. The third kappa shape index (κ3) is 3.85. The Balaban J connectivity index is 1.53. The maximum atomic E-state index is 14.5. The molecule has 1 saturated carbocycles. The molecule has 3 aromatic rings. The molecule has 1 saturated heterocycles. The van der Waals surface area contributed by atoms with Gasteiger partial charge in [-0.2, -0.15) is 4.31 Å². The number of hydrogen-bond acceptors (Lipinski definition) is 6. The molecular weight excluding hydrogens is 505 g/mol. The second kappa shape index (κ2) is 7.85. The lowest BCUT2D eigenvalue weighted by Crippen LogP contribution is -2.35. The molecule has 0 amide bonds. The van der Waals surface area contributed by atoms with E-state index in [-0.39, 0.29) is 42.9 Å². The monoisotopic (exact) mass is 527 g/mol. The Kier molecular flexibility index (Phi) is 5.41. The Hall–Kier alpha value is -2.32. The summed E-state index contributed by atoms with van der Waals surface area (Å²) >= 11 is 0. The fourth-order valence-electron chi connectivity index (χ4n) is 4.77. The van der Waals surface area contributed by atoms with E-state index in [4.69, 9.17) is 0 Å². The fourth-order valence-corrected chi connectivity index (χ4v) is 8.91. The van der Waals surface area contributed by atoms with E-state index in [1.165, 1.54) is 28.6 Å². The van der Waals surface area contributed by atoms with Crippen LogP contribution in [0.2, 0.25) is 0 Å². The number of piperidine rings is 1. The Labute approximate surface area is 197 Å². The minimum absolute atomic E-state index is 0.00923. The van der Waals surface area contributed by atoms with Gasteiger partial charge >= 0.3 is 0 Å². The van der Waals surface area contributed by atoms with E-state index in [2.05, 4.69) is 4.72 Å². The summed E-state index contributed by atoms with van der Waals surface area (Å²) < 4.78 is 95.7. The van der Waals surface area contributed by atoms with Crippen LogP contribution in [-0.2, 0) is 30.1 Å². The fraction of sp³-hybridized carbons (Fsp3) is 0.333. The number of fused-ring (bicyclic) bond motifs is 2. The van der Waals surface area contributed by atoms with Crippen LogP contribution in [0.1, 0.15) is 0 Å². The van der Waals surface area contributed by atoms with Gasteiger partial charge in [-0.3, -0.25) is 0 Å². The SMILES string of the molecule is CS(=O)(=O)NCC1C2CN(S(=O)(=O)c3cc4ccccc4n3S(=O)(=O)c3ccccc3F)CC12. The van der Waals surface area contributed by atoms with E-state index in [9.17, 15) is 29.6 Å². The molecule has 2 aromatic carbocycles. The van der Waals surface area contributed by atoms with Crippen LogP contribution < -0.4 is 4.72 Å². The van der Waals surface area contributed by atoms with Crippen molar-refractivity contribution < 1.29 is 29.6 Å². The Morgan fingerprint density at radius 3 is 2.18 bits per heavy atom. The van der Waals surface area contributed by atoms with Gasteiger partial charge in [-0.05, 0) is 42.0 Å². The van der Waals surface area contributed by atoms with Gasteiger partial charge in [0.05, 0.1) is 11.8 Å². The first kappa shape index (κ1) is 23.4. The highest BCUT2D eigenvalue weighted by Crippen LogP contribution is 2.52. The predicted octanol–water partition coefficient (Wildman–Crippen LogP) is 1.43. The zero-order valence-corrected chi connectivity index (χ0v) is 20.4. The lowest BCUT2D eigenvalue weighted by atomic mass is 10.3. The molecular formula is C21H22FN3O6S3. The van der Waals surface area contributed by atoms with Crippen molar-refractivity contribution in [3.8, 4) is 0 Å². The normalized spacial score (nSPS) is 23.3. The van der Waals surface area contributed by atoms with Crippen LogP contribution in [0.25, 0.3) is 10.9 Å². The summed E-state index contributed by atoms with van der Waals surface area (Å²) in [4.78, 5) is -0.621. The van der Waals surface area contributed by atoms with Crippen molar-refractivity contribution in [3.05, 3.63) is 60.4 Å². The average molecular weight is 528 g/mol. The zero-order chi connectivity index (χ0) is 24.5. The Bertz CT molecular complexity index is 1600. The zero-order valence-electron chi connectivity index (χ0n) is 18.0. The molecule has 2 atom stereocenters.